The number of ether oxygens (including phenoxy) is 2. The van der Waals surface area contributed by atoms with Gasteiger partial charge in [0.05, 0.1) is 31.3 Å². The SMILES string of the molecule is COC(=O)[C@@H](Cc1cccc(C#N)c1)NC(=O)[C@H]1CCOC1. The van der Waals surface area contributed by atoms with Crippen molar-refractivity contribution >= 4 is 11.9 Å². The Hall–Kier alpha value is -2.39. The van der Waals surface area contributed by atoms with Gasteiger partial charge in [0.15, 0.2) is 0 Å². The van der Waals surface area contributed by atoms with Gasteiger partial charge in [0.25, 0.3) is 0 Å². The van der Waals surface area contributed by atoms with Crippen molar-refractivity contribution in [3.63, 3.8) is 0 Å². The van der Waals surface area contributed by atoms with Gasteiger partial charge in [-0.1, -0.05) is 12.1 Å². The van der Waals surface area contributed by atoms with Gasteiger partial charge < -0.3 is 14.8 Å². The largest absolute Gasteiger partial charge is 0.467 e. The number of amides is 1. The summed E-state index contributed by atoms with van der Waals surface area (Å²) in [6, 6.07) is 8.21. The minimum Gasteiger partial charge on any atom is -0.467 e. The first kappa shape index (κ1) is 16.0. The summed E-state index contributed by atoms with van der Waals surface area (Å²) in [5, 5.41) is 11.6. The first-order valence-corrected chi connectivity index (χ1v) is 7.09. The van der Waals surface area contributed by atoms with Crippen LogP contribution in [-0.4, -0.2) is 38.2 Å². The lowest BCUT2D eigenvalue weighted by Gasteiger charge is -2.18. The standard InChI is InChI=1S/C16H18N2O4/c1-21-16(20)14(18-15(19)13-5-6-22-10-13)8-11-3-2-4-12(7-11)9-17/h2-4,7,13-14H,5-6,8,10H2,1H3,(H,18,19)/t13-,14+/m0/s1. The molecule has 0 aromatic heterocycles. The molecule has 1 fully saturated rings. The van der Waals surface area contributed by atoms with Crippen molar-refractivity contribution in [1.29, 1.82) is 5.26 Å². The Morgan fingerprint density at radius 1 is 1.55 bits per heavy atom. The number of rotatable bonds is 5. The Morgan fingerprint density at radius 2 is 2.36 bits per heavy atom. The summed E-state index contributed by atoms with van der Waals surface area (Å²) < 4.78 is 9.94. The predicted molar refractivity (Wildman–Crippen MR) is 77.7 cm³/mol. The Kier molecular flexibility index (Phi) is 5.50. The van der Waals surface area contributed by atoms with Crippen LogP contribution in [0.4, 0.5) is 0 Å². The van der Waals surface area contributed by atoms with Crippen LogP contribution in [-0.2, 0) is 25.5 Å². The van der Waals surface area contributed by atoms with Gasteiger partial charge in [0, 0.05) is 13.0 Å². The Bertz CT molecular complexity index is 588. The van der Waals surface area contributed by atoms with Crippen molar-refractivity contribution < 1.29 is 19.1 Å². The highest BCUT2D eigenvalue weighted by Crippen LogP contribution is 2.14. The van der Waals surface area contributed by atoms with Crippen molar-refractivity contribution in [3.05, 3.63) is 35.4 Å². The fourth-order valence-electron chi connectivity index (χ4n) is 2.37. The quantitative estimate of drug-likeness (QED) is 0.813. The van der Waals surface area contributed by atoms with Crippen molar-refractivity contribution in [2.24, 2.45) is 5.92 Å². The van der Waals surface area contributed by atoms with Crippen LogP contribution in [0.15, 0.2) is 24.3 Å². The summed E-state index contributed by atoms with van der Waals surface area (Å²) in [6.07, 6.45) is 0.936. The highest BCUT2D eigenvalue weighted by molar-refractivity contribution is 5.86. The van der Waals surface area contributed by atoms with E-state index in [4.69, 9.17) is 14.7 Å². The minimum atomic E-state index is -0.771. The number of hydrogen-bond donors (Lipinski definition) is 1. The second-order valence-electron chi connectivity index (χ2n) is 5.16. The van der Waals surface area contributed by atoms with Crippen LogP contribution in [0, 0.1) is 17.2 Å². The molecule has 1 saturated heterocycles. The highest BCUT2D eigenvalue weighted by Gasteiger charge is 2.28. The second-order valence-corrected chi connectivity index (χ2v) is 5.16. The van der Waals surface area contributed by atoms with Gasteiger partial charge in [-0.05, 0) is 24.1 Å². The summed E-state index contributed by atoms with van der Waals surface area (Å²) in [7, 11) is 1.28. The summed E-state index contributed by atoms with van der Waals surface area (Å²) in [5.41, 5.74) is 1.30. The number of methoxy groups -OCH3 is 1. The Morgan fingerprint density at radius 3 is 3.00 bits per heavy atom. The molecule has 1 N–H and O–H groups in total. The van der Waals surface area contributed by atoms with Gasteiger partial charge in [-0.3, -0.25) is 4.79 Å². The normalized spacial score (nSPS) is 18.3. The summed E-state index contributed by atoms with van der Waals surface area (Å²) in [6.45, 7) is 0.939. The molecule has 0 saturated carbocycles. The van der Waals surface area contributed by atoms with E-state index in [0.717, 1.165) is 5.56 Å². The molecule has 1 aromatic carbocycles. The Labute approximate surface area is 129 Å². The van der Waals surface area contributed by atoms with E-state index in [2.05, 4.69) is 5.32 Å². The number of hydrogen-bond acceptors (Lipinski definition) is 5. The zero-order valence-electron chi connectivity index (χ0n) is 12.4. The molecule has 1 aliphatic rings. The molecule has 2 atom stereocenters. The van der Waals surface area contributed by atoms with Gasteiger partial charge in [-0.25, -0.2) is 4.79 Å². The average Bonchev–Trinajstić information content (AvgIpc) is 3.08. The molecule has 0 bridgehead atoms. The van der Waals surface area contributed by atoms with E-state index in [9.17, 15) is 9.59 Å². The smallest absolute Gasteiger partial charge is 0.328 e. The van der Waals surface area contributed by atoms with Crippen LogP contribution in [0.5, 0.6) is 0 Å². The highest BCUT2D eigenvalue weighted by atomic mass is 16.5. The van der Waals surface area contributed by atoms with Crippen LogP contribution >= 0.6 is 0 Å². The molecule has 0 unspecified atom stereocenters. The molecule has 0 aliphatic carbocycles. The first-order valence-electron chi connectivity index (χ1n) is 7.09. The van der Waals surface area contributed by atoms with Gasteiger partial charge in [0.1, 0.15) is 6.04 Å². The topological polar surface area (TPSA) is 88.4 Å². The van der Waals surface area contributed by atoms with Crippen LogP contribution in [0.2, 0.25) is 0 Å². The molecule has 116 valence electrons. The fraction of sp³-hybridized carbons (Fsp3) is 0.438. The lowest BCUT2D eigenvalue weighted by atomic mass is 10.0. The third-order valence-corrected chi connectivity index (χ3v) is 3.60. The molecular formula is C16H18N2O4. The summed E-state index contributed by atoms with van der Waals surface area (Å²) in [4.78, 5) is 24.0. The van der Waals surface area contributed by atoms with E-state index in [1.807, 2.05) is 12.1 Å². The van der Waals surface area contributed by atoms with E-state index in [0.29, 0.717) is 25.2 Å². The minimum absolute atomic E-state index is 0.204. The molecule has 1 aliphatic heterocycles. The van der Waals surface area contributed by atoms with E-state index in [1.165, 1.54) is 7.11 Å². The van der Waals surface area contributed by atoms with Gasteiger partial charge in [0.2, 0.25) is 5.91 Å². The van der Waals surface area contributed by atoms with Crippen LogP contribution in [0.25, 0.3) is 0 Å². The van der Waals surface area contributed by atoms with Crippen molar-refractivity contribution in [2.45, 2.75) is 18.9 Å². The van der Waals surface area contributed by atoms with Crippen LogP contribution in [0.1, 0.15) is 17.5 Å². The van der Waals surface area contributed by atoms with Gasteiger partial charge >= 0.3 is 5.97 Å². The molecule has 1 aromatic rings. The third kappa shape index (κ3) is 4.06. The maximum Gasteiger partial charge on any atom is 0.328 e. The molecular weight excluding hydrogens is 284 g/mol. The lowest BCUT2D eigenvalue weighted by Crippen LogP contribution is -2.45. The summed E-state index contributed by atoms with van der Waals surface area (Å²) in [5.74, 6) is -0.934. The third-order valence-electron chi connectivity index (χ3n) is 3.60. The fourth-order valence-corrected chi connectivity index (χ4v) is 2.37. The van der Waals surface area contributed by atoms with E-state index in [1.54, 1.807) is 18.2 Å². The summed E-state index contributed by atoms with van der Waals surface area (Å²) >= 11 is 0. The van der Waals surface area contributed by atoms with E-state index < -0.39 is 12.0 Å². The average molecular weight is 302 g/mol. The van der Waals surface area contributed by atoms with Crippen molar-refractivity contribution in [3.8, 4) is 6.07 Å². The zero-order valence-corrected chi connectivity index (χ0v) is 12.4. The molecule has 1 amide bonds. The van der Waals surface area contributed by atoms with Crippen LogP contribution < -0.4 is 5.32 Å². The number of nitrogens with zero attached hydrogens (tertiary/aromatic N) is 1. The molecule has 22 heavy (non-hydrogen) atoms. The first-order chi connectivity index (χ1) is 10.6. The molecule has 6 heteroatoms. The van der Waals surface area contributed by atoms with Gasteiger partial charge in [-0.2, -0.15) is 5.26 Å². The van der Waals surface area contributed by atoms with Gasteiger partial charge in [-0.15, -0.1) is 0 Å². The number of esters is 1. The molecule has 1 heterocycles. The van der Waals surface area contributed by atoms with E-state index >= 15 is 0 Å². The zero-order chi connectivity index (χ0) is 15.9. The maximum absolute atomic E-state index is 12.1. The van der Waals surface area contributed by atoms with Crippen molar-refractivity contribution in [1.82, 2.24) is 5.32 Å². The van der Waals surface area contributed by atoms with Crippen LogP contribution in [0.3, 0.4) is 0 Å². The monoisotopic (exact) mass is 302 g/mol. The molecule has 2 rings (SSSR count). The maximum atomic E-state index is 12.1. The predicted octanol–water partition coefficient (Wildman–Crippen LogP) is 0.795. The number of benzene rings is 1. The number of carbonyl (C=O) groups excluding carboxylic acids is 2. The number of nitriles is 1. The molecule has 6 nitrogen and oxygen atoms in total. The molecule has 0 spiro atoms. The Balaban J connectivity index is 2.07. The number of nitrogens with one attached hydrogen (secondary N) is 1. The van der Waals surface area contributed by atoms with Crippen molar-refractivity contribution in [2.75, 3.05) is 20.3 Å². The second kappa shape index (κ2) is 7.57. The van der Waals surface area contributed by atoms with E-state index in [-0.39, 0.29) is 18.2 Å². The number of carbonyl (C=O) groups is 2. The lowest BCUT2D eigenvalue weighted by molar-refractivity contribution is -0.145. The molecule has 0 radical (unpaired) electrons.